The number of aromatic nitrogens is 1. The minimum Gasteiger partial charge on any atom is -0.493 e. The third-order valence-electron chi connectivity index (χ3n) is 8.35. The molecule has 1 aromatic heterocycles. The van der Waals surface area contributed by atoms with Gasteiger partial charge in [0.25, 0.3) is 11.2 Å². The summed E-state index contributed by atoms with van der Waals surface area (Å²) in [5, 5.41) is 22.6. The van der Waals surface area contributed by atoms with Crippen molar-refractivity contribution in [3.63, 3.8) is 0 Å². The fourth-order valence-electron chi connectivity index (χ4n) is 6.10. The lowest BCUT2D eigenvalue weighted by molar-refractivity contribution is -0.394. The van der Waals surface area contributed by atoms with Gasteiger partial charge in [0, 0.05) is 11.6 Å². The molecule has 7 rings (SSSR count). The second-order valence-corrected chi connectivity index (χ2v) is 12.1. The summed E-state index contributed by atoms with van der Waals surface area (Å²) in [6, 6.07) is 23.4. The smallest absolute Gasteiger partial charge is 0.318 e. The number of benzene rings is 4. The van der Waals surface area contributed by atoms with Crippen molar-refractivity contribution in [3.8, 4) is 23.0 Å². The summed E-state index contributed by atoms with van der Waals surface area (Å²) in [6.45, 7) is 0. The molecule has 2 heterocycles. The zero-order valence-corrected chi connectivity index (χ0v) is 26.4. The van der Waals surface area contributed by atoms with Gasteiger partial charge in [0.2, 0.25) is 5.75 Å². The summed E-state index contributed by atoms with van der Waals surface area (Å²) in [7, 11) is 3.16. The van der Waals surface area contributed by atoms with E-state index in [1.54, 1.807) is 49.1 Å². The van der Waals surface area contributed by atoms with Crippen LogP contribution < -0.4 is 29.1 Å². The van der Waals surface area contributed by atoms with E-state index in [1.807, 2.05) is 30.3 Å². The third-order valence-corrected chi connectivity index (χ3v) is 9.33. The molecule has 0 bridgehead atoms. The van der Waals surface area contributed by atoms with Gasteiger partial charge >= 0.3 is 5.69 Å². The highest BCUT2D eigenvalue weighted by atomic mass is 32.1. The fraction of sp³-hybridized carbons (Fsp3) is 0.143. The molecule has 0 amide bonds. The molecule has 12 nitrogen and oxygen atoms in total. The molecule has 1 aliphatic carbocycles. The standard InChI is InChI=1S/C35H26N4O8S/c1-45-29-15-10-22(18-30(29)46-2)33-26-14-9-21-5-3-4-6-25(21)32(26)36-35-37(33)34(40)31(48-35)17-20-7-12-24(13-8-20)47-28-16-11-23(38(41)42)19-27(28)39(43)44/h3-8,10-13,15-19,33H,9,14H2,1-2H3/b31-17+/t33-/m1/s1. The van der Waals surface area contributed by atoms with E-state index in [-0.39, 0.29) is 17.1 Å². The van der Waals surface area contributed by atoms with Crippen LogP contribution in [0.3, 0.4) is 0 Å². The van der Waals surface area contributed by atoms with E-state index < -0.39 is 27.3 Å². The van der Waals surface area contributed by atoms with Crippen LogP contribution in [0.4, 0.5) is 11.4 Å². The lowest BCUT2D eigenvalue weighted by Gasteiger charge is -2.31. The molecule has 0 N–H and O–H groups in total. The predicted octanol–water partition coefficient (Wildman–Crippen LogP) is 5.94. The van der Waals surface area contributed by atoms with Crippen LogP contribution in [0.25, 0.3) is 11.8 Å². The van der Waals surface area contributed by atoms with Crippen molar-refractivity contribution in [2.45, 2.75) is 18.9 Å². The molecule has 48 heavy (non-hydrogen) atoms. The van der Waals surface area contributed by atoms with Crippen molar-refractivity contribution in [2.75, 3.05) is 14.2 Å². The summed E-state index contributed by atoms with van der Waals surface area (Å²) in [6.07, 6.45) is 3.34. The van der Waals surface area contributed by atoms with Crippen LogP contribution in [0.5, 0.6) is 23.0 Å². The zero-order chi connectivity index (χ0) is 33.5. The zero-order valence-electron chi connectivity index (χ0n) is 25.6. The number of nitrogens with zero attached hydrogens (tertiary/aromatic N) is 4. The number of non-ortho nitro benzene ring substituents is 1. The van der Waals surface area contributed by atoms with Crippen molar-refractivity contribution in [3.05, 3.63) is 153 Å². The van der Waals surface area contributed by atoms with Gasteiger partial charge < -0.3 is 14.2 Å². The number of methoxy groups -OCH3 is 2. The van der Waals surface area contributed by atoms with Gasteiger partial charge in [-0.25, -0.2) is 4.99 Å². The first-order valence-corrected chi connectivity index (χ1v) is 15.6. The first kappa shape index (κ1) is 30.6. The van der Waals surface area contributed by atoms with Gasteiger partial charge in [-0.1, -0.05) is 53.8 Å². The maximum absolute atomic E-state index is 14.2. The molecule has 13 heteroatoms. The maximum atomic E-state index is 14.2. The van der Waals surface area contributed by atoms with E-state index in [0.29, 0.717) is 26.4 Å². The summed E-state index contributed by atoms with van der Waals surface area (Å²) in [5.41, 5.74) is 4.66. The molecule has 0 saturated carbocycles. The van der Waals surface area contributed by atoms with Crippen LogP contribution in [0.15, 0.2) is 100 Å². The lowest BCUT2D eigenvalue weighted by atomic mass is 9.83. The van der Waals surface area contributed by atoms with E-state index in [0.717, 1.165) is 47.4 Å². The third kappa shape index (κ3) is 5.39. The summed E-state index contributed by atoms with van der Waals surface area (Å²) in [4.78, 5) is 40.9. The molecule has 240 valence electrons. The number of nitro groups is 2. The Hall–Kier alpha value is -6.08. The SMILES string of the molecule is COc1ccc([C@@H]2C3=C(N=c4s/c(=C/c5ccc(Oc6ccc([N+](=O)[O-])cc6[N+](=O)[O-])cc5)c(=O)n42)c2ccccc2CC3)cc1OC. The second kappa shape index (κ2) is 12.3. The maximum Gasteiger partial charge on any atom is 0.318 e. The van der Waals surface area contributed by atoms with Gasteiger partial charge in [-0.05, 0) is 71.5 Å². The number of ether oxygens (including phenoxy) is 3. The Kier molecular flexibility index (Phi) is 7.81. The van der Waals surface area contributed by atoms with E-state index in [2.05, 4.69) is 12.1 Å². The number of aryl methyl sites for hydroxylation is 1. The largest absolute Gasteiger partial charge is 0.493 e. The van der Waals surface area contributed by atoms with Crippen molar-refractivity contribution in [1.29, 1.82) is 0 Å². The molecule has 0 saturated heterocycles. The van der Waals surface area contributed by atoms with Crippen LogP contribution in [0.2, 0.25) is 0 Å². The molecule has 0 unspecified atom stereocenters. The van der Waals surface area contributed by atoms with Crippen molar-refractivity contribution in [1.82, 2.24) is 4.57 Å². The topological polar surface area (TPSA) is 148 Å². The van der Waals surface area contributed by atoms with Gasteiger partial charge in [-0.3, -0.25) is 29.6 Å². The van der Waals surface area contributed by atoms with Crippen molar-refractivity contribution in [2.24, 2.45) is 4.99 Å². The van der Waals surface area contributed by atoms with Crippen molar-refractivity contribution >= 4 is 34.5 Å². The molecule has 4 aromatic carbocycles. The average Bonchev–Trinajstić information content (AvgIpc) is 3.41. The van der Waals surface area contributed by atoms with Crippen LogP contribution >= 0.6 is 11.3 Å². The summed E-state index contributed by atoms with van der Waals surface area (Å²) >= 11 is 1.30. The number of nitro benzene ring substituents is 2. The van der Waals surface area contributed by atoms with Crippen LogP contribution in [-0.2, 0) is 6.42 Å². The Labute approximate surface area is 276 Å². The Balaban J connectivity index is 1.29. The minimum absolute atomic E-state index is 0.132. The van der Waals surface area contributed by atoms with Gasteiger partial charge in [0.1, 0.15) is 5.75 Å². The first-order chi connectivity index (χ1) is 23.2. The molecule has 0 spiro atoms. The van der Waals surface area contributed by atoms with Crippen LogP contribution in [0, 0.1) is 20.2 Å². The highest BCUT2D eigenvalue weighted by Crippen LogP contribution is 2.43. The van der Waals surface area contributed by atoms with E-state index in [4.69, 9.17) is 19.2 Å². The molecular weight excluding hydrogens is 636 g/mol. The Bertz CT molecular complexity index is 2340. The molecule has 5 aromatic rings. The minimum atomic E-state index is -0.734. The van der Waals surface area contributed by atoms with E-state index in [1.165, 1.54) is 23.0 Å². The molecular formula is C35H26N4O8S. The predicted molar refractivity (Wildman–Crippen MR) is 179 cm³/mol. The monoisotopic (exact) mass is 662 g/mol. The number of hydrogen-bond acceptors (Lipinski definition) is 10. The van der Waals surface area contributed by atoms with E-state index >= 15 is 0 Å². The Morgan fingerprint density at radius 1 is 0.875 bits per heavy atom. The molecule has 0 radical (unpaired) electrons. The first-order valence-electron chi connectivity index (χ1n) is 14.8. The average molecular weight is 663 g/mol. The van der Waals surface area contributed by atoms with Crippen LogP contribution in [-0.4, -0.2) is 28.6 Å². The molecule has 0 fully saturated rings. The fourth-order valence-corrected chi connectivity index (χ4v) is 7.10. The van der Waals surface area contributed by atoms with E-state index in [9.17, 15) is 25.0 Å². The Morgan fingerprint density at radius 2 is 1.62 bits per heavy atom. The second-order valence-electron chi connectivity index (χ2n) is 11.1. The number of allylic oxidation sites excluding steroid dienone is 1. The number of thiazole rings is 1. The molecule has 1 aliphatic heterocycles. The highest BCUT2D eigenvalue weighted by molar-refractivity contribution is 7.07. The summed E-state index contributed by atoms with van der Waals surface area (Å²) < 4.78 is 19.0. The van der Waals surface area contributed by atoms with Gasteiger partial charge in [-0.15, -0.1) is 0 Å². The van der Waals surface area contributed by atoms with Gasteiger partial charge in [0.05, 0.1) is 46.4 Å². The molecule has 1 atom stereocenters. The van der Waals surface area contributed by atoms with Gasteiger partial charge in [-0.2, -0.15) is 0 Å². The number of rotatable bonds is 8. The number of fused-ring (bicyclic) bond motifs is 3. The Morgan fingerprint density at radius 3 is 2.35 bits per heavy atom. The van der Waals surface area contributed by atoms with Gasteiger partial charge in [0.15, 0.2) is 16.3 Å². The van der Waals surface area contributed by atoms with Crippen molar-refractivity contribution < 1.29 is 24.1 Å². The lowest BCUT2D eigenvalue weighted by Crippen LogP contribution is -2.38. The quantitative estimate of drug-likeness (QED) is 0.146. The van der Waals surface area contributed by atoms with Crippen LogP contribution in [0.1, 0.15) is 34.7 Å². The molecule has 2 aliphatic rings. The summed E-state index contributed by atoms with van der Waals surface area (Å²) in [5.74, 6) is 1.30. The highest BCUT2D eigenvalue weighted by Gasteiger charge is 2.33. The number of hydrogen-bond donors (Lipinski definition) is 0. The normalized spacial score (nSPS) is 15.1.